The fourth-order valence-electron chi connectivity index (χ4n) is 4.30. The van der Waals surface area contributed by atoms with Crippen LogP contribution in [0, 0.1) is 45.1 Å². The predicted molar refractivity (Wildman–Crippen MR) is 139 cm³/mol. The van der Waals surface area contributed by atoms with Gasteiger partial charge in [-0.05, 0) is 63.3 Å². The average Bonchev–Trinajstić information content (AvgIpc) is 2.80. The van der Waals surface area contributed by atoms with Gasteiger partial charge in [-0.2, -0.15) is 0 Å². The van der Waals surface area contributed by atoms with Gasteiger partial charge in [0, 0.05) is 43.3 Å². The highest BCUT2D eigenvalue weighted by atomic mass is 16.5. The molecule has 1 saturated heterocycles. The first kappa shape index (κ1) is 27.6. The van der Waals surface area contributed by atoms with Crippen LogP contribution in [0.15, 0.2) is 36.4 Å². The summed E-state index contributed by atoms with van der Waals surface area (Å²) in [6.07, 6.45) is 7.94. The molecule has 0 amide bonds. The Morgan fingerprint density at radius 1 is 1.06 bits per heavy atom. The maximum atomic E-state index is 10.3. The summed E-state index contributed by atoms with van der Waals surface area (Å²) < 4.78 is 11.5. The van der Waals surface area contributed by atoms with Crippen LogP contribution in [0.2, 0.25) is 0 Å². The van der Waals surface area contributed by atoms with E-state index in [-0.39, 0.29) is 12.2 Å². The highest BCUT2D eigenvalue weighted by Gasteiger charge is 2.33. The van der Waals surface area contributed by atoms with E-state index in [0.717, 1.165) is 43.9 Å². The molecule has 4 rings (SSSR count). The van der Waals surface area contributed by atoms with Gasteiger partial charge in [-0.25, -0.2) is 0 Å². The highest BCUT2D eigenvalue weighted by Crippen LogP contribution is 2.39. The molecule has 2 aromatic carbocycles. The van der Waals surface area contributed by atoms with Crippen molar-refractivity contribution in [1.29, 1.82) is 0 Å². The molecule has 2 aromatic rings. The number of aliphatic hydroxyl groups excluding tert-OH is 2. The van der Waals surface area contributed by atoms with Gasteiger partial charge in [0.2, 0.25) is 0 Å². The molecule has 5 nitrogen and oxygen atoms in total. The Morgan fingerprint density at radius 3 is 2.29 bits per heavy atom. The SMILES string of the molecule is C#CO.Cc1ccc(NCC(C)C)c(C)c1.Cc1ccc2c(c1)C(O)CC(C1CCOCC1)O2. The van der Waals surface area contributed by atoms with E-state index >= 15 is 0 Å². The van der Waals surface area contributed by atoms with E-state index < -0.39 is 0 Å². The molecular formula is C29H41NO4. The van der Waals surface area contributed by atoms with Crippen molar-refractivity contribution in [2.75, 3.05) is 25.1 Å². The van der Waals surface area contributed by atoms with Gasteiger partial charge >= 0.3 is 0 Å². The quantitative estimate of drug-likeness (QED) is 0.486. The Bertz CT molecular complexity index is 928. The molecule has 2 heterocycles. The van der Waals surface area contributed by atoms with Gasteiger partial charge < -0.3 is 25.0 Å². The van der Waals surface area contributed by atoms with Crippen LogP contribution in [0.3, 0.4) is 0 Å². The molecule has 0 spiro atoms. The molecular weight excluding hydrogens is 426 g/mol. The molecule has 1 fully saturated rings. The molecule has 5 heteroatoms. The van der Waals surface area contributed by atoms with Gasteiger partial charge in [0.15, 0.2) is 0 Å². The molecule has 0 bridgehead atoms. The van der Waals surface area contributed by atoms with Crippen molar-refractivity contribution in [1.82, 2.24) is 0 Å². The van der Waals surface area contributed by atoms with Crippen molar-refractivity contribution >= 4 is 5.69 Å². The standard InChI is InChI=1S/C15H20O3.C12H19N.C2H2O/c1-10-2-3-14-12(8-10)13(16)9-15(18-14)11-4-6-17-7-5-11;1-9(2)8-13-12-6-5-10(3)7-11(12)4;1-2-3/h2-3,8,11,13,15-16H,4-7,9H2,1H3;5-7,9,13H,8H2,1-4H3;1,3H. The van der Waals surface area contributed by atoms with Crippen LogP contribution in [0.25, 0.3) is 0 Å². The summed E-state index contributed by atoms with van der Waals surface area (Å²) in [7, 11) is 0. The maximum absolute atomic E-state index is 10.3. The number of terminal acetylenes is 1. The van der Waals surface area contributed by atoms with Gasteiger partial charge in [0.25, 0.3) is 0 Å². The van der Waals surface area contributed by atoms with Crippen LogP contribution >= 0.6 is 0 Å². The molecule has 0 aliphatic carbocycles. The van der Waals surface area contributed by atoms with Crippen molar-refractivity contribution in [3.05, 3.63) is 58.7 Å². The normalized spacial score (nSPS) is 19.4. The minimum atomic E-state index is -0.388. The number of rotatable bonds is 4. The number of benzene rings is 2. The van der Waals surface area contributed by atoms with Gasteiger partial charge in [0.1, 0.15) is 18.0 Å². The van der Waals surface area contributed by atoms with Crippen molar-refractivity contribution in [3.8, 4) is 18.3 Å². The molecule has 2 unspecified atom stereocenters. The van der Waals surface area contributed by atoms with Crippen LogP contribution in [-0.4, -0.2) is 36.1 Å². The second-order valence-electron chi connectivity index (χ2n) is 9.62. The average molecular weight is 468 g/mol. The van der Waals surface area contributed by atoms with E-state index in [4.69, 9.17) is 14.6 Å². The zero-order valence-corrected chi connectivity index (χ0v) is 21.3. The fraction of sp³-hybridized carbons (Fsp3) is 0.517. The number of nitrogens with one attached hydrogen (secondary N) is 1. The monoisotopic (exact) mass is 467 g/mol. The third-order valence-corrected chi connectivity index (χ3v) is 6.13. The number of aryl methyl sites for hydroxylation is 3. The van der Waals surface area contributed by atoms with Crippen LogP contribution in [0.5, 0.6) is 5.75 Å². The van der Waals surface area contributed by atoms with Gasteiger partial charge in [-0.1, -0.05) is 49.6 Å². The Kier molecular flexibility index (Phi) is 11.3. The lowest BCUT2D eigenvalue weighted by molar-refractivity contribution is -0.0150. The summed E-state index contributed by atoms with van der Waals surface area (Å²) in [5.41, 5.74) is 6.03. The molecule has 34 heavy (non-hydrogen) atoms. The molecule has 0 radical (unpaired) electrons. The fourth-order valence-corrected chi connectivity index (χ4v) is 4.30. The number of ether oxygens (including phenoxy) is 2. The van der Waals surface area contributed by atoms with Crippen LogP contribution in [0.4, 0.5) is 5.69 Å². The first-order chi connectivity index (χ1) is 16.2. The predicted octanol–water partition coefficient (Wildman–Crippen LogP) is 5.93. The van der Waals surface area contributed by atoms with E-state index in [0.29, 0.717) is 18.3 Å². The second-order valence-corrected chi connectivity index (χ2v) is 9.62. The first-order valence-corrected chi connectivity index (χ1v) is 12.2. The van der Waals surface area contributed by atoms with Crippen molar-refractivity contribution in [3.63, 3.8) is 0 Å². The van der Waals surface area contributed by atoms with E-state index in [1.807, 2.05) is 25.1 Å². The van der Waals surface area contributed by atoms with Gasteiger partial charge in [-0.3, -0.25) is 0 Å². The largest absolute Gasteiger partial charge is 0.490 e. The smallest absolute Gasteiger partial charge is 0.125 e. The highest BCUT2D eigenvalue weighted by molar-refractivity contribution is 5.51. The second kappa shape index (κ2) is 13.9. The van der Waals surface area contributed by atoms with Crippen LogP contribution < -0.4 is 10.1 Å². The maximum Gasteiger partial charge on any atom is 0.125 e. The summed E-state index contributed by atoms with van der Waals surface area (Å²) in [6, 6.07) is 12.6. The Hall–Kier alpha value is -2.68. The molecule has 186 valence electrons. The summed E-state index contributed by atoms with van der Waals surface area (Å²) >= 11 is 0. The Balaban J connectivity index is 0.000000226. The van der Waals surface area contributed by atoms with Gasteiger partial charge in [0.05, 0.1) is 6.10 Å². The number of hydrogen-bond acceptors (Lipinski definition) is 5. The third kappa shape index (κ3) is 8.59. The lowest BCUT2D eigenvalue weighted by atomic mass is 9.86. The summed E-state index contributed by atoms with van der Waals surface area (Å²) in [5.74, 6) is 2.07. The molecule has 0 aromatic heterocycles. The molecule has 2 atom stereocenters. The Labute approximate surface area is 205 Å². The lowest BCUT2D eigenvalue weighted by Gasteiger charge is -2.36. The summed E-state index contributed by atoms with van der Waals surface area (Å²) in [4.78, 5) is 0. The zero-order chi connectivity index (χ0) is 25.1. The van der Waals surface area contributed by atoms with E-state index in [1.54, 1.807) is 0 Å². The lowest BCUT2D eigenvalue weighted by Crippen LogP contribution is -2.36. The number of fused-ring (bicyclic) bond motifs is 1. The summed E-state index contributed by atoms with van der Waals surface area (Å²) in [5, 5.41) is 20.8. The van der Waals surface area contributed by atoms with Crippen LogP contribution in [-0.2, 0) is 4.74 Å². The molecule has 0 saturated carbocycles. The van der Waals surface area contributed by atoms with Crippen molar-refractivity contribution in [2.24, 2.45) is 11.8 Å². The number of hydrogen-bond donors (Lipinski definition) is 3. The molecule has 2 aliphatic heterocycles. The third-order valence-electron chi connectivity index (χ3n) is 6.13. The van der Waals surface area contributed by atoms with E-state index in [2.05, 4.69) is 57.6 Å². The minimum absolute atomic E-state index is 0.138. The number of aliphatic hydroxyl groups is 2. The van der Waals surface area contributed by atoms with E-state index in [9.17, 15) is 5.11 Å². The Morgan fingerprint density at radius 2 is 1.68 bits per heavy atom. The zero-order valence-electron chi connectivity index (χ0n) is 21.3. The topological polar surface area (TPSA) is 71.0 Å². The van der Waals surface area contributed by atoms with E-state index in [1.165, 1.54) is 28.5 Å². The van der Waals surface area contributed by atoms with Crippen LogP contribution in [0.1, 0.15) is 61.5 Å². The minimum Gasteiger partial charge on any atom is -0.490 e. The van der Waals surface area contributed by atoms with Gasteiger partial charge in [-0.15, -0.1) is 0 Å². The number of anilines is 1. The first-order valence-electron chi connectivity index (χ1n) is 12.2. The summed E-state index contributed by atoms with van der Waals surface area (Å²) in [6.45, 7) is 13.4. The van der Waals surface area contributed by atoms with Crippen molar-refractivity contribution in [2.45, 2.75) is 66.1 Å². The molecule has 2 aliphatic rings. The van der Waals surface area contributed by atoms with Crippen molar-refractivity contribution < 1.29 is 19.7 Å². The molecule has 3 N–H and O–H groups in total.